The van der Waals surface area contributed by atoms with Gasteiger partial charge in [0.1, 0.15) is 18.1 Å². The van der Waals surface area contributed by atoms with E-state index >= 15 is 0 Å². The number of aromatic nitrogens is 1. The molecule has 1 aromatic heterocycles. The molecule has 0 bridgehead atoms. The van der Waals surface area contributed by atoms with Gasteiger partial charge in [0.25, 0.3) is 0 Å². The summed E-state index contributed by atoms with van der Waals surface area (Å²) < 4.78 is 26.2. The standard InChI is InChI=1S/C19H16N2O6/c20-19(22)24-10-15-8-16(21-27-15)13-2-4-14(5-3-13)23-9-12-1-6-17-18(7-12)26-11-25-17/h1-8H,9-11H2,(H2,20,22). The van der Waals surface area contributed by atoms with Crippen molar-refractivity contribution in [3.63, 3.8) is 0 Å². The van der Waals surface area contributed by atoms with Gasteiger partial charge in [0.05, 0.1) is 0 Å². The molecular formula is C19H16N2O6. The molecule has 3 aromatic rings. The fourth-order valence-corrected chi connectivity index (χ4v) is 2.58. The van der Waals surface area contributed by atoms with Gasteiger partial charge >= 0.3 is 6.09 Å². The Balaban J connectivity index is 1.37. The first-order valence-electron chi connectivity index (χ1n) is 8.17. The van der Waals surface area contributed by atoms with E-state index in [0.29, 0.717) is 18.1 Å². The van der Waals surface area contributed by atoms with Gasteiger partial charge in [-0.1, -0.05) is 11.2 Å². The van der Waals surface area contributed by atoms with Crippen molar-refractivity contribution in [1.82, 2.24) is 5.16 Å². The lowest BCUT2D eigenvalue weighted by Crippen LogP contribution is -2.12. The number of carbonyl (C=O) groups is 1. The van der Waals surface area contributed by atoms with Crippen LogP contribution in [-0.4, -0.2) is 18.0 Å². The molecule has 4 rings (SSSR count). The van der Waals surface area contributed by atoms with Crippen LogP contribution in [0.3, 0.4) is 0 Å². The summed E-state index contributed by atoms with van der Waals surface area (Å²) in [6, 6.07) is 14.8. The largest absolute Gasteiger partial charge is 0.489 e. The topological polar surface area (TPSA) is 106 Å². The first-order chi connectivity index (χ1) is 13.2. The molecule has 1 amide bonds. The van der Waals surface area contributed by atoms with Gasteiger partial charge in [0, 0.05) is 11.6 Å². The number of rotatable bonds is 6. The van der Waals surface area contributed by atoms with Gasteiger partial charge in [-0.25, -0.2) is 4.79 Å². The fraction of sp³-hybridized carbons (Fsp3) is 0.158. The van der Waals surface area contributed by atoms with Crippen LogP contribution in [0.2, 0.25) is 0 Å². The number of ether oxygens (including phenoxy) is 4. The summed E-state index contributed by atoms with van der Waals surface area (Å²) in [6.45, 7) is 0.604. The molecule has 0 radical (unpaired) electrons. The summed E-state index contributed by atoms with van der Waals surface area (Å²) in [5, 5.41) is 3.95. The molecule has 0 saturated heterocycles. The van der Waals surface area contributed by atoms with E-state index in [4.69, 9.17) is 24.5 Å². The maximum Gasteiger partial charge on any atom is 0.404 e. The molecule has 1 aliphatic heterocycles. The van der Waals surface area contributed by atoms with Gasteiger partial charge in [-0.05, 0) is 42.0 Å². The lowest BCUT2D eigenvalue weighted by atomic mass is 10.1. The molecule has 138 valence electrons. The second-order valence-corrected chi connectivity index (χ2v) is 5.79. The minimum absolute atomic E-state index is 0.0565. The van der Waals surface area contributed by atoms with Crippen LogP contribution in [-0.2, 0) is 18.0 Å². The zero-order valence-corrected chi connectivity index (χ0v) is 14.2. The maximum absolute atomic E-state index is 10.6. The quantitative estimate of drug-likeness (QED) is 0.712. The van der Waals surface area contributed by atoms with Crippen molar-refractivity contribution in [3.8, 4) is 28.5 Å². The van der Waals surface area contributed by atoms with Crippen LogP contribution in [0, 0.1) is 0 Å². The van der Waals surface area contributed by atoms with Crippen molar-refractivity contribution < 1.29 is 28.3 Å². The fourth-order valence-electron chi connectivity index (χ4n) is 2.58. The van der Waals surface area contributed by atoms with Crippen LogP contribution >= 0.6 is 0 Å². The lowest BCUT2D eigenvalue weighted by Gasteiger charge is -2.07. The summed E-state index contributed by atoms with van der Waals surface area (Å²) in [5.41, 5.74) is 7.38. The highest BCUT2D eigenvalue weighted by Gasteiger charge is 2.13. The van der Waals surface area contributed by atoms with E-state index < -0.39 is 6.09 Å². The third-order valence-corrected chi connectivity index (χ3v) is 3.91. The summed E-state index contributed by atoms with van der Waals surface area (Å²) in [7, 11) is 0. The van der Waals surface area contributed by atoms with Gasteiger partial charge < -0.3 is 29.2 Å². The van der Waals surface area contributed by atoms with Crippen LogP contribution in [0.5, 0.6) is 17.2 Å². The first kappa shape index (κ1) is 16.8. The number of hydrogen-bond acceptors (Lipinski definition) is 7. The predicted molar refractivity (Wildman–Crippen MR) is 93.2 cm³/mol. The van der Waals surface area contributed by atoms with Crippen molar-refractivity contribution in [3.05, 3.63) is 59.9 Å². The monoisotopic (exact) mass is 368 g/mol. The molecule has 0 spiro atoms. The molecule has 27 heavy (non-hydrogen) atoms. The lowest BCUT2D eigenvalue weighted by molar-refractivity contribution is 0.137. The molecule has 2 aromatic carbocycles. The van der Waals surface area contributed by atoms with Gasteiger partial charge in [0.2, 0.25) is 6.79 Å². The second-order valence-electron chi connectivity index (χ2n) is 5.79. The molecule has 1 aliphatic rings. The van der Waals surface area contributed by atoms with E-state index in [1.165, 1.54) is 0 Å². The van der Waals surface area contributed by atoms with Crippen LogP contribution in [0.1, 0.15) is 11.3 Å². The number of hydrogen-bond donors (Lipinski definition) is 1. The number of fused-ring (bicyclic) bond motifs is 1. The molecule has 0 atom stereocenters. The zero-order valence-electron chi connectivity index (χ0n) is 14.2. The second kappa shape index (κ2) is 7.28. The zero-order chi connectivity index (χ0) is 18.6. The van der Waals surface area contributed by atoms with Gasteiger partial charge in [0.15, 0.2) is 23.9 Å². The van der Waals surface area contributed by atoms with E-state index in [9.17, 15) is 4.79 Å². The van der Waals surface area contributed by atoms with Crippen LogP contribution in [0.25, 0.3) is 11.3 Å². The van der Waals surface area contributed by atoms with E-state index in [1.807, 2.05) is 42.5 Å². The Bertz CT molecular complexity index is 951. The number of primary amides is 1. The van der Waals surface area contributed by atoms with Crippen LogP contribution in [0.15, 0.2) is 53.1 Å². The minimum atomic E-state index is -0.864. The summed E-state index contributed by atoms with van der Waals surface area (Å²) in [5.74, 6) is 2.61. The molecule has 0 saturated carbocycles. The molecule has 8 nitrogen and oxygen atoms in total. The van der Waals surface area contributed by atoms with Crippen molar-refractivity contribution >= 4 is 6.09 Å². The Labute approximate surface area is 154 Å². The van der Waals surface area contributed by atoms with E-state index in [-0.39, 0.29) is 13.4 Å². The summed E-state index contributed by atoms with van der Waals surface area (Å²) in [6.07, 6.45) is -0.864. The first-order valence-corrected chi connectivity index (χ1v) is 8.17. The van der Waals surface area contributed by atoms with Crippen molar-refractivity contribution in [2.45, 2.75) is 13.2 Å². The van der Waals surface area contributed by atoms with Gasteiger partial charge in [-0.3, -0.25) is 0 Å². The molecule has 2 N–H and O–H groups in total. The average molecular weight is 368 g/mol. The van der Waals surface area contributed by atoms with Crippen molar-refractivity contribution in [2.75, 3.05) is 6.79 Å². The average Bonchev–Trinajstić information content (AvgIpc) is 3.34. The van der Waals surface area contributed by atoms with E-state index in [1.54, 1.807) is 6.07 Å². The normalized spacial score (nSPS) is 12.0. The minimum Gasteiger partial charge on any atom is -0.489 e. The third kappa shape index (κ3) is 3.95. The molecule has 0 aliphatic carbocycles. The van der Waals surface area contributed by atoms with Gasteiger partial charge in [-0.2, -0.15) is 0 Å². The molecular weight excluding hydrogens is 352 g/mol. The predicted octanol–water partition coefficient (Wildman–Crippen LogP) is 3.24. The van der Waals surface area contributed by atoms with Crippen LogP contribution in [0.4, 0.5) is 4.79 Å². The third-order valence-electron chi connectivity index (χ3n) is 3.91. The number of carbonyl (C=O) groups excluding carboxylic acids is 1. The van der Waals surface area contributed by atoms with E-state index in [0.717, 1.165) is 28.4 Å². The van der Waals surface area contributed by atoms with Crippen molar-refractivity contribution in [2.24, 2.45) is 5.73 Å². The summed E-state index contributed by atoms with van der Waals surface area (Å²) >= 11 is 0. The molecule has 0 unspecified atom stereocenters. The number of amides is 1. The Hall–Kier alpha value is -3.68. The number of benzene rings is 2. The smallest absolute Gasteiger partial charge is 0.404 e. The number of nitrogens with zero attached hydrogens (tertiary/aromatic N) is 1. The molecule has 8 heteroatoms. The highest BCUT2D eigenvalue weighted by atomic mass is 16.7. The Morgan fingerprint density at radius 3 is 2.67 bits per heavy atom. The Morgan fingerprint density at radius 2 is 1.85 bits per heavy atom. The number of nitrogens with two attached hydrogens (primary N) is 1. The summed E-state index contributed by atoms with van der Waals surface area (Å²) in [4.78, 5) is 10.6. The maximum atomic E-state index is 10.6. The van der Waals surface area contributed by atoms with Crippen LogP contribution < -0.4 is 19.9 Å². The Kier molecular flexibility index (Phi) is 4.52. The Morgan fingerprint density at radius 1 is 1.04 bits per heavy atom. The SMILES string of the molecule is NC(=O)OCc1cc(-c2ccc(OCc3ccc4c(c3)OCO4)cc2)no1. The van der Waals surface area contributed by atoms with Gasteiger partial charge in [-0.15, -0.1) is 0 Å². The van der Waals surface area contributed by atoms with Crippen molar-refractivity contribution in [1.29, 1.82) is 0 Å². The van der Waals surface area contributed by atoms with E-state index in [2.05, 4.69) is 9.89 Å². The highest BCUT2D eigenvalue weighted by Crippen LogP contribution is 2.33. The molecule has 2 heterocycles. The molecule has 0 fully saturated rings. The highest BCUT2D eigenvalue weighted by molar-refractivity contribution is 5.64.